The zero-order chi connectivity index (χ0) is 30.4. The van der Waals surface area contributed by atoms with Gasteiger partial charge in [0, 0.05) is 19.0 Å². The lowest BCUT2D eigenvalue weighted by Crippen LogP contribution is -2.49. The Labute approximate surface area is 230 Å². The Morgan fingerprint density at radius 1 is 1.02 bits per heavy atom. The summed E-state index contributed by atoms with van der Waals surface area (Å²) < 4.78 is 42.8. The lowest BCUT2D eigenvalue weighted by molar-refractivity contribution is -0.0541. The Balaban J connectivity index is 1.60. The van der Waals surface area contributed by atoms with Crippen LogP contribution in [0.15, 0.2) is 16.6 Å². The predicted molar refractivity (Wildman–Crippen MR) is 131 cm³/mol. The number of aromatic nitrogens is 2. The summed E-state index contributed by atoms with van der Waals surface area (Å²) in [5.41, 5.74) is 4.74. The molecular formula is C19H29N5O15P2. The number of rotatable bonds is 9. The maximum Gasteiger partial charge on any atom is 0.469 e. The first-order valence-corrected chi connectivity index (χ1v) is 15.0. The van der Waals surface area contributed by atoms with Gasteiger partial charge in [0.1, 0.15) is 24.7 Å². The zero-order valence-electron chi connectivity index (χ0n) is 21.2. The quantitative estimate of drug-likeness (QED) is 0.131. The standard InChI is InChI=1S/C19H29N5O15P2/c1-7-4-23(12-2-8(25)10(38-12)5-36-40(30,31)32)18(28)21-14(7)15-16(27)17(20)22-19(29)24(15)13-3-9(26)11(39-13)6-37-41(33,34)35/h4,8-14,25-27H,2-3,5-6H2,1H3,(H,21,28)(H2,20,22,29)(H2,30,31,32)(H2,33,34,35). The number of aromatic hydroxyl groups is 1. The Bertz CT molecular complexity index is 1360. The molecular weight excluding hydrogens is 600 g/mol. The topological polar surface area (TPSA) is 306 Å². The second-order valence-electron chi connectivity index (χ2n) is 9.48. The van der Waals surface area contributed by atoms with Gasteiger partial charge in [-0.2, -0.15) is 4.98 Å². The van der Waals surface area contributed by atoms with Crippen LogP contribution in [0.3, 0.4) is 0 Å². The van der Waals surface area contributed by atoms with Crippen molar-refractivity contribution in [1.82, 2.24) is 19.8 Å². The molecule has 2 amide bonds. The third-order valence-electron chi connectivity index (χ3n) is 6.56. The van der Waals surface area contributed by atoms with E-state index >= 15 is 0 Å². The number of phosphoric ester groups is 2. The summed E-state index contributed by atoms with van der Waals surface area (Å²) in [4.78, 5) is 66.3. The average molecular weight is 629 g/mol. The molecule has 41 heavy (non-hydrogen) atoms. The minimum Gasteiger partial charge on any atom is -0.503 e. The molecule has 0 aliphatic carbocycles. The number of nitrogens with one attached hydrogen (secondary N) is 1. The minimum atomic E-state index is -4.90. The predicted octanol–water partition coefficient (Wildman–Crippen LogP) is -2.16. The molecule has 20 nitrogen and oxygen atoms in total. The van der Waals surface area contributed by atoms with Gasteiger partial charge in [-0.3, -0.25) is 18.5 Å². The van der Waals surface area contributed by atoms with E-state index < -0.39 is 95.1 Å². The van der Waals surface area contributed by atoms with Gasteiger partial charge in [0.05, 0.1) is 37.2 Å². The maximum atomic E-state index is 13.1. The van der Waals surface area contributed by atoms with Gasteiger partial charge in [0.15, 0.2) is 11.6 Å². The number of nitrogen functional groups attached to an aromatic ring is 1. The van der Waals surface area contributed by atoms with Gasteiger partial charge < -0.3 is 55.4 Å². The number of amides is 2. The minimum absolute atomic E-state index is 0.138. The van der Waals surface area contributed by atoms with Crippen LogP contribution in [0.1, 0.15) is 37.7 Å². The average Bonchev–Trinajstić information content (AvgIpc) is 3.40. The zero-order valence-corrected chi connectivity index (χ0v) is 22.9. The molecule has 2 saturated heterocycles. The number of aliphatic hydroxyl groups is 2. The molecule has 230 valence electrons. The van der Waals surface area contributed by atoms with E-state index in [1.807, 2.05) is 0 Å². The van der Waals surface area contributed by atoms with Crippen molar-refractivity contribution < 1.29 is 67.3 Å². The molecule has 1 aromatic heterocycles. The van der Waals surface area contributed by atoms with Crippen LogP contribution in [0.25, 0.3) is 0 Å². The van der Waals surface area contributed by atoms with Crippen LogP contribution in [0.4, 0.5) is 10.6 Å². The van der Waals surface area contributed by atoms with Gasteiger partial charge in [-0.15, -0.1) is 0 Å². The van der Waals surface area contributed by atoms with E-state index in [1.165, 1.54) is 13.1 Å². The van der Waals surface area contributed by atoms with Crippen molar-refractivity contribution in [2.24, 2.45) is 0 Å². The van der Waals surface area contributed by atoms with Gasteiger partial charge in [0.2, 0.25) is 0 Å². The van der Waals surface area contributed by atoms with Crippen LogP contribution < -0.4 is 16.7 Å². The molecule has 0 saturated carbocycles. The number of hydrogen-bond acceptors (Lipinski definition) is 13. The van der Waals surface area contributed by atoms with Crippen LogP contribution in [0.2, 0.25) is 0 Å². The summed E-state index contributed by atoms with van der Waals surface area (Å²) in [6, 6.07) is -2.02. The van der Waals surface area contributed by atoms with Crippen LogP contribution in [-0.4, -0.2) is 99.2 Å². The molecule has 3 aliphatic heterocycles. The fourth-order valence-corrected chi connectivity index (χ4v) is 5.36. The Hall–Kier alpha value is -2.45. The summed E-state index contributed by atoms with van der Waals surface area (Å²) in [7, 11) is -9.73. The lowest BCUT2D eigenvalue weighted by atomic mass is 10.0. The highest BCUT2D eigenvalue weighted by molar-refractivity contribution is 7.46. The van der Waals surface area contributed by atoms with Crippen molar-refractivity contribution in [2.75, 3.05) is 18.9 Å². The van der Waals surface area contributed by atoms with E-state index in [1.54, 1.807) is 0 Å². The van der Waals surface area contributed by atoms with Crippen LogP contribution >= 0.6 is 15.6 Å². The van der Waals surface area contributed by atoms with E-state index in [9.17, 15) is 34.0 Å². The first-order valence-electron chi connectivity index (χ1n) is 11.9. The molecule has 22 heteroatoms. The summed E-state index contributed by atoms with van der Waals surface area (Å²) in [6.07, 6.45) is -6.51. The number of nitrogens with two attached hydrogens (primary N) is 1. The molecule has 7 unspecified atom stereocenters. The van der Waals surface area contributed by atoms with E-state index in [2.05, 4.69) is 19.3 Å². The van der Waals surface area contributed by atoms with Gasteiger partial charge in [-0.05, 0) is 12.5 Å². The molecule has 0 radical (unpaired) electrons. The molecule has 4 heterocycles. The Kier molecular flexibility index (Phi) is 8.97. The summed E-state index contributed by atoms with van der Waals surface area (Å²) in [5.74, 6) is -1.26. The smallest absolute Gasteiger partial charge is 0.469 e. The molecule has 4 rings (SSSR count). The number of aliphatic hydroxyl groups excluding tert-OH is 2. The number of ether oxygens (including phenoxy) is 2. The van der Waals surface area contributed by atoms with Crippen molar-refractivity contribution in [1.29, 1.82) is 0 Å². The number of carbonyl (C=O) groups is 1. The van der Waals surface area contributed by atoms with Crippen molar-refractivity contribution in [2.45, 2.75) is 62.7 Å². The molecule has 0 aromatic carbocycles. The normalized spacial score (nSPS) is 30.9. The number of hydrogen-bond donors (Lipinski definition) is 9. The molecule has 0 spiro atoms. The van der Waals surface area contributed by atoms with E-state index in [0.717, 1.165) is 9.47 Å². The Morgan fingerprint density at radius 3 is 2.07 bits per heavy atom. The number of anilines is 1. The third-order valence-corrected chi connectivity index (χ3v) is 7.53. The highest BCUT2D eigenvalue weighted by Gasteiger charge is 2.44. The summed E-state index contributed by atoms with van der Waals surface area (Å²) in [5, 5.41) is 34.0. The molecule has 0 bridgehead atoms. The SMILES string of the molecule is CC1=CN(C2CC(O)C(COP(=O)(O)O)O2)C(=O)NC1c1c(O)c(N)nc(=O)n1C1CC(O)C(COP(=O)(O)O)O1. The van der Waals surface area contributed by atoms with Crippen LogP contribution in [-0.2, 0) is 27.7 Å². The number of nitrogens with zero attached hydrogens (tertiary/aromatic N) is 3. The number of carbonyl (C=O) groups excluding carboxylic acids is 1. The van der Waals surface area contributed by atoms with Crippen LogP contribution in [0, 0.1) is 0 Å². The summed E-state index contributed by atoms with van der Waals surface area (Å²) >= 11 is 0. The highest BCUT2D eigenvalue weighted by Crippen LogP contribution is 2.41. The number of phosphoric acid groups is 2. The van der Waals surface area contributed by atoms with Crippen molar-refractivity contribution in [3.63, 3.8) is 0 Å². The first-order chi connectivity index (χ1) is 18.9. The molecule has 3 aliphatic rings. The lowest BCUT2D eigenvalue weighted by Gasteiger charge is -2.35. The van der Waals surface area contributed by atoms with Gasteiger partial charge in [-0.25, -0.2) is 18.7 Å². The van der Waals surface area contributed by atoms with E-state index in [-0.39, 0.29) is 18.5 Å². The highest BCUT2D eigenvalue weighted by atomic mass is 31.2. The van der Waals surface area contributed by atoms with Gasteiger partial charge in [-0.1, -0.05) is 0 Å². The van der Waals surface area contributed by atoms with E-state index in [0.29, 0.717) is 5.57 Å². The first kappa shape index (κ1) is 31.5. The molecule has 2 fully saturated rings. The third kappa shape index (κ3) is 7.14. The van der Waals surface area contributed by atoms with Crippen molar-refractivity contribution in [3.8, 4) is 5.75 Å². The van der Waals surface area contributed by atoms with Gasteiger partial charge in [0.25, 0.3) is 0 Å². The van der Waals surface area contributed by atoms with Gasteiger partial charge >= 0.3 is 27.4 Å². The molecule has 10 N–H and O–H groups in total. The fraction of sp³-hybridized carbons (Fsp3) is 0.632. The monoisotopic (exact) mass is 629 g/mol. The summed E-state index contributed by atoms with van der Waals surface area (Å²) in [6.45, 7) is 0.150. The fourth-order valence-electron chi connectivity index (χ4n) is 4.67. The number of urea groups is 1. The largest absolute Gasteiger partial charge is 0.503 e. The van der Waals surface area contributed by atoms with Crippen molar-refractivity contribution in [3.05, 3.63) is 28.0 Å². The maximum absolute atomic E-state index is 13.1. The van der Waals surface area contributed by atoms with E-state index in [4.69, 9.17) is 34.8 Å². The van der Waals surface area contributed by atoms with Crippen molar-refractivity contribution >= 4 is 27.5 Å². The van der Waals surface area contributed by atoms with Crippen LogP contribution in [0.5, 0.6) is 5.75 Å². The second kappa shape index (κ2) is 11.7. The molecule has 7 atom stereocenters. The molecule has 1 aromatic rings. The second-order valence-corrected chi connectivity index (χ2v) is 12.0. The Morgan fingerprint density at radius 2 is 1.54 bits per heavy atom.